The average Bonchev–Trinajstić information content (AvgIpc) is 2.54. The summed E-state index contributed by atoms with van der Waals surface area (Å²) in [7, 11) is 0. The highest BCUT2D eigenvalue weighted by Crippen LogP contribution is 2.20. The third-order valence-corrected chi connectivity index (χ3v) is 4.55. The van der Waals surface area contributed by atoms with Gasteiger partial charge in [0.2, 0.25) is 5.91 Å². The second kappa shape index (κ2) is 9.05. The van der Waals surface area contributed by atoms with Gasteiger partial charge >= 0.3 is 6.03 Å². The van der Waals surface area contributed by atoms with Crippen molar-refractivity contribution in [2.45, 2.75) is 44.9 Å². The first-order valence-corrected chi connectivity index (χ1v) is 9.61. The van der Waals surface area contributed by atoms with Crippen LogP contribution >= 0.6 is 23.4 Å². The molecule has 26 heavy (non-hydrogen) atoms. The average molecular weight is 397 g/mol. The van der Waals surface area contributed by atoms with Gasteiger partial charge in [0.15, 0.2) is 5.16 Å². The van der Waals surface area contributed by atoms with Crippen LogP contribution in [0.25, 0.3) is 10.9 Å². The lowest BCUT2D eigenvalue weighted by Crippen LogP contribution is -2.43. The highest BCUT2D eigenvalue weighted by atomic mass is 35.5. The van der Waals surface area contributed by atoms with Crippen molar-refractivity contribution in [3.8, 4) is 0 Å². The van der Waals surface area contributed by atoms with Crippen molar-refractivity contribution in [3.63, 3.8) is 0 Å². The van der Waals surface area contributed by atoms with E-state index in [1.165, 1.54) is 0 Å². The molecule has 2 aromatic rings. The zero-order valence-corrected chi connectivity index (χ0v) is 16.4. The minimum Gasteiger partial charge on any atom is -0.336 e. The molecule has 0 unspecified atom stereocenters. The van der Waals surface area contributed by atoms with E-state index in [0.29, 0.717) is 27.6 Å². The molecule has 0 radical (unpaired) electrons. The maximum Gasteiger partial charge on any atom is 0.321 e. The number of imide groups is 1. The number of aromatic nitrogens is 2. The molecule has 2 rings (SSSR count). The lowest BCUT2D eigenvalue weighted by molar-refractivity contribution is -0.117. The van der Waals surface area contributed by atoms with E-state index in [4.69, 9.17) is 11.6 Å². The van der Waals surface area contributed by atoms with Gasteiger partial charge in [0, 0.05) is 17.6 Å². The molecule has 2 N–H and O–H groups in total. The fourth-order valence-corrected chi connectivity index (χ4v) is 3.29. The maximum absolute atomic E-state index is 12.7. The lowest BCUT2D eigenvalue weighted by atomic mass is 10.2. The van der Waals surface area contributed by atoms with Crippen LogP contribution < -0.4 is 16.2 Å². The van der Waals surface area contributed by atoms with Gasteiger partial charge < -0.3 is 5.32 Å². The topological polar surface area (TPSA) is 93.1 Å². The Labute approximate surface area is 160 Å². The minimum absolute atomic E-state index is 0.0340. The summed E-state index contributed by atoms with van der Waals surface area (Å²) in [6.45, 7) is 6.04. The van der Waals surface area contributed by atoms with Crippen molar-refractivity contribution in [1.82, 2.24) is 20.2 Å². The predicted octanol–water partition coefficient (Wildman–Crippen LogP) is 2.79. The standard InChI is InChI=1S/C17H21ClN4O3S/c1-4-7-22-15(24)12-6-5-11(18)8-13(12)20-17(22)26-9-14(23)21-16(25)19-10(2)3/h5-6,8,10H,4,7,9H2,1-3H3,(H2,19,21,23,25). The Balaban J connectivity index is 2.22. The number of carbonyl (C=O) groups is 2. The first-order valence-electron chi connectivity index (χ1n) is 8.25. The van der Waals surface area contributed by atoms with E-state index in [2.05, 4.69) is 15.6 Å². The number of fused-ring (bicyclic) bond motifs is 1. The van der Waals surface area contributed by atoms with Gasteiger partial charge in [-0.2, -0.15) is 0 Å². The fraction of sp³-hybridized carbons (Fsp3) is 0.412. The van der Waals surface area contributed by atoms with Crippen LogP contribution in [0.15, 0.2) is 28.2 Å². The number of thioether (sulfide) groups is 1. The van der Waals surface area contributed by atoms with Gasteiger partial charge in [0.25, 0.3) is 5.56 Å². The number of amides is 3. The van der Waals surface area contributed by atoms with Crippen LogP contribution in [-0.4, -0.2) is 33.3 Å². The molecule has 140 valence electrons. The summed E-state index contributed by atoms with van der Waals surface area (Å²) in [5, 5.41) is 6.21. The van der Waals surface area contributed by atoms with Gasteiger partial charge in [-0.15, -0.1) is 0 Å². The number of halogens is 1. The largest absolute Gasteiger partial charge is 0.336 e. The third kappa shape index (κ3) is 5.22. The second-order valence-corrected chi connectivity index (χ2v) is 7.36. The third-order valence-electron chi connectivity index (χ3n) is 3.33. The Hall–Kier alpha value is -2.06. The molecular formula is C17H21ClN4O3S. The van der Waals surface area contributed by atoms with Crippen LogP contribution in [0.4, 0.5) is 4.79 Å². The number of urea groups is 1. The highest BCUT2D eigenvalue weighted by Gasteiger charge is 2.14. The van der Waals surface area contributed by atoms with E-state index in [-0.39, 0.29) is 17.4 Å². The van der Waals surface area contributed by atoms with Crippen LogP contribution in [0.3, 0.4) is 0 Å². The van der Waals surface area contributed by atoms with E-state index < -0.39 is 11.9 Å². The molecule has 0 spiro atoms. The molecule has 0 aliphatic rings. The van der Waals surface area contributed by atoms with Crippen molar-refractivity contribution in [2.24, 2.45) is 0 Å². The van der Waals surface area contributed by atoms with Gasteiger partial charge in [-0.1, -0.05) is 30.3 Å². The molecule has 0 aliphatic heterocycles. The molecule has 0 bridgehead atoms. The predicted molar refractivity (Wildman–Crippen MR) is 104 cm³/mol. The Morgan fingerprint density at radius 2 is 2.08 bits per heavy atom. The number of carbonyl (C=O) groups excluding carboxylic acids is 2. The zero-order valence-electron chi connectivity index (χ0n) is 14.8. The van der Waals surface area contributed by atoms with Gasteiger partial charge in [0.05, 0.1) is 16.7 Å². The SMILES string of the molecule is CCCn1c(SCC(=O)NC(=O)NC(C)C)nc2cc(Cl)ccc2c1=O. The molecule has 1 aromatic heterocycles. The molecular weight excluding hydrogens is 376 g/mol. The Morgan fingerprint density at radius 1 is 1.35 bits per heavy atom. The van der Waals surface area contributed by atoms with Crippen LogP contribution in [0.2, 0.25) is 5.02 Å². The summed E-state index contributed by atoms with van der Waals surface area (Å²) in [6.07, 6.45) is 0.747. The summed E-state index contributed by atoms with van der Waals surface area (Å²) in [4.78, 5) is 40.7. The molecule has 7 nitrogen and oxygen atoms in total. The molecule has 3 amide bonds. The molecule has 0 aliphatic carbocycles. The monoisotopic (exact) mass is 396 g/mol. The number of hydrogen-bond acceptors (Lipinski definition) is 5. The van der Waals surface area contributed by atoms with E-state index in [9.17, 15) is 14.4 Å². The molecule has 1 heterocycles. The second-order valence-electron chi connectivity index (χ2n) is 5.98. The van der Waals surface area contributed by atoms with Crippen molar-refractivity contribution in [1.29, 1.82) is 0 Å². The molecule has 0 saturated carbocycles. The van der Waals surface area contributed by atoms with Crippen LogP contribution in [-0.2, 0) is 11.3 Å². The van der Waals surface area contributed by atoms with Crippen molar-refractivity contribution >= 4 is 46.2 Å². The van der Waals surface area contributed by atoms with Gasteiger partial charge in [0.1, 0.15) is 0 Å². The van der Waals surface area contributed by atoms with Crippen molar-refractivity contribution < 1.29 is 9.59 Å². The quantitative estimate of drug-likeness (QED) is 0.578. The number of hydrogen-bond donors (Lipinski definition) is 2. The summed E-state index contributed by atoms with van der Waals surface area (Å²) in [5.74, 6) is -0.495. The van der Waals surface area contributed by atoms with Gasteiger partial charge in [-0.25, -0.2) is 9.78 Å². The maximum atomic E-state index is 12.7. The normalized spacial score (nSPS) is 11.0. The van der Waals surface area contributed by atoms with Crippen LogP contribution in [0, 0.1) is 0 Å². The lowest BCUT2D eigenvalue weighted by Gasteiger charge is -2.13. The summed E-state index contributed by atoms with van der Waals surface area (Å²) >= 11 is 7.09. The number of nitrogens with zero attached hydrogens (tertiary/aromatic N) is 2. The number of rotatable bonds is 6. The highest BCUT2D eigenvalue weighted by molar-refractivity contribution is 7.99. The van der Waals surface area contributed by atoms with E-state index in [1.54, 1.807) is 36.6 Å². The van der Waals surface area contributed by atoms with E-state index >= 15 is 0 Å². The first-order chi connectivity index (χ1) is 12.3. The van der Waals surface area contributed by atoms with Crippen molar-refractivity contribution in [2.75, 3.05) is 5.75 Å². The van der Waals surface area contributed by atoms with Gasteiger partial charge in [-0.05, 0) is 38.5 Å². The molecule has 0 saturated heterocycles. The minimum atomic E-state index is -0.546. The Kier molecular flexibility index (Phi) is 7.05. The summed E-state index contributed by atoms with van der Waals surface area (Å²) < 4.78 is 1.54. The molecule has 0 atom stereocenters. The fourth-order valence-electron chi connectivity index (χ4n) is 2.30. The first kappa shape index (κ1) is 20.3. The molecule has 9 heteroatoms. The van der Waals surface area contributed by atoms with Crippen LogP contribution in [0.1, 0.15) is 27.2 Å². The Morgan fingerprint density at radius 3 is 2.73 bits per heavy atom. The van der Waals surface area contributed by atoms with E-state index in [0.717, 1.165) is 18.2 Å². The van der Waals surface area contributed by atoms with Gasteiger partial charge in [-0.3, -0.25) is 19.5 Å². The number of nitrogens with one attached hydrogen (secondary N) is 2. The van der Waals surface area contributed by atoms with Crippen LogP contribution in [0.5, 0.6) is 0 Å². The zero-order chi connectivity index (χ0) is 19.3. The summed E-state index contributed by atoms with van der Waals surface area (Å²) in [5.41, 5.74) is 0.310. The van der Waals surface area contributed by atoms with E-state index in [1.807, 2.05) is 6.92 Å². The van der Waals surface area contributed by atoms with Crippen molar-refractivity contribution in [3.05, 3.63) is 33.6 Å². The molecule has 0 fully saturated rings. The number of benzene rings is 1. The smallest absolute Gasteiger partial charge is 0.321 e. The Bertz CT molecular complexity index is 882. The summed E-state index contributed by atoms with van der Waals surface area (Å²) in [6, 6.07) is 4.30. The molecule has 1 aromatic carbocycles.